The molecule has 2 aliphatic rings. The Labute approximate surface area is 160 Å². The normalized spacial score (nSPS) is 17.0. The van der Waals surface area contributed by atoms with Gasteiger partial charge in [0.25, 0.3) is 11.8 Å². The van der Waals surface area contributed by atoms with E-state index in [2.05, 4.69) is 30.0 Å². The van der Waals surface area contributed by atoms with Crippen LogP contribution in [0.25, 0.3) is 5.57 Å². The van der Waals surface area contributed by atoms with E-state index in [1.54, 1.807) is 0 Å². The predicted octanol–water partition coefficient (Wildman–Crippen LogP) is 3.46. The van der Waals surface area contributed by atoms with Gasteiger partial charge in [0, 0.05) is 19.6 Å². The highest BCUT2D eigenvalue weighted by Gasteiger charge is 2.41. The lowest BCUT2D eigenvalue weighted by atomic mass is 9.96. The molecule has 0 radical (unpaired) electrons. The molecule has 2 heterocycles. The zero-order valence-corrected chi connectivity index (χ0v) is 16.1. The van der Waals surface area contributed by atoms with Gasteiger partial charge in [0.15, 0.2) is 0 Å². The zero-order chi connectivity index (χ0) is 19.1. The summed E-state index contributed by atoms with van der Waals surface area (Å²) in [4.78, 5) is 29.6. The number of hydrogen-bond donors (Lipinski definition) is 0. The van der Waals surface area contributed by atoms with Crippen LogP contribution in [0.4, 0.5) is 0 Å². The van der Waals surface area contributed by atoms with Gasteiger partial charge >= 0.3 is 0 Å². The Kier molecular flexibility index (Phi) is 4.34. The van der Waals surface area contributed by atoms with Crippen molar-refractivity contribution in [3.63, 3.8) is 0 Å². The molecule has 2 aliphatic heterocycles. The molecular formula is C23H24N2O2. The molecule has 138 valence electrons. The van der Waals surface area contributed by atoms with Crippen LogP contribution in [0.15, 0.2) is 48.2 Å². The van der Waals surface area contributed by atoms with Gasteiger partial charge in [-0.1, -0.05) is 42.5 Å². The number of amides is 2. The molecule has 4 rings (SSSR count). The minimum absolute atomic E-state index is 0.171. The van der Waals surface area contributed by atoms with Crippen LogP contribution in [-0.4, -0.2) is 34.7 Å². The number of carbonyl (C=O) groups is 2. The van der Waals surface area contributed by atoms with Crippen LogP contribution in [0.5, 0.6) is 0 Å². The summed E-state index contributed by atoms with van der Waals surface area (Å²) in [5, 5.41) is 0. The zero-order valence-electron chi connectivity index (χ0n) is 16.1. The molecule has 0 bridgehead atoms. The molecule has 0 aromatic heterocycles. The highest BCUT2D eigenvalue weighted by atomic mass is 16.2. The van der Waals surface area contributed by atoms with E-state index in [9.17, 15) is 9.59 Å². The predicted molar refractivity (Wildman–Crippen MR) is 106 cm³/mol. The summed E-state index contributed by atoms with van der Waals surface area (Å²) in [6.45, 7) is 7.74. The van der Waals surface area contributed by atoms with Crippen molar-refractivity contribution in [1.82, 2.24) is 9.80 Å². The molecule has 0 spiro atoms. The van der Waals surface area contributed by atoms with Crippen molar-refractivity contribution in [2.75, 3.05) is 13.1 Å². The largest absolute Gasteiger partial charge is 0.362 e. The van der Waals surface area contributed by atoms with Crippen molar-refractivity contribution in [3.8, 4) is 0 Å². The average Bonchev–Trinajstić information content (AvgIpc) is 2.93. The summed E-state index contributed by atoms with van der Waals surface area (Å²) < 4.78 is 0. The lowest BCUT2D eigenvalue weighted by molar-refractivity contribution is -0.137. The molecule has 0 unspecified atom stereocenters. The van der Waals surface area contributed by atoms with Gasteiger partial charge in [-0.05, 0) is 55.0 Å². The second-order valence-corrected chi connectivity index (χ2v) is 7.32. The minimum atomic E-state index is -0.181. The maximum Gasteiger partial charge on any atom is 0.277 e. The third kappa shape index (κ3) is 2.85. The standard InChI is InChI=1S/C23H24N2O2/c1-4-25-22(26)20(18-10-9-15(2)16(3)13-18)21(23(25)27)24-12-11-17-7-5-6-8-19(17)14-24/h5-10,13H,4,11-12,14H2,1-3H3. The maximum atomic E-state index is 13.1. The van der Waals surface area contributed by atoms with Gasteiger partial charge in [0.05, 0.1) is 5.57 Å². The van der Waals surface area contributed by atoms with Crippen LogP contribution in [-0.2, 0) is 22.6 Å². The summed E-state index contributed by atoms with van der Waals surface area (Å²) >= 11 is 0. The molecule has 0 saturated heterocycles. The van der Waals surface area contributed by atoms with Crippen LogP contribution in [0, 0.1) is 13.8 Å². The number of aryl methyl sites for hydroxylation is 2. The summed E-state index contributed by atoms with van der Waals surface area (Å²) in [6, 6.07) is 14.3. The summed E-state index contributed by atoms with van der Waals surface area (Å²) in [7, 11) is 0. The van der Waals surface area contributed by atoms with Crippen molar-refractivity contribution in [2.24, 2.45) is 0 Å². The third-order valence-electron chi connectivity index (χ3n) is 5.70. The molecule has 2 aromatic carbocycles. The van der Waals surface area contributed by atoms with E-state index in [-0.39, 0.29) is 11.8 Å². The van der Waals surface area contributed by atoms with Crippen molar-refractivity contribution < 1.29 is 9.59 Å². The average molecular weight is 360 g/mol. The van der Waals surface area contributed by atoms with Gasteiger partial charge in [-0.2, -0.15) is 0 Å². The van der Waals surface area contributed by atoms with Crippen molar-refractivity contribution in [2.45, 2.75) is 33.7 Å². The highest BCUT2D eigenvalue weighted by molar-refractivity contribution is 6.35. The van der Waals surface area contributed by atoms with Crippen molar-refractivity contribution in [1.29, 1.82) is 0 Å². The first kappa shape index (κ1) is 17.5. The first-order valence-electron chi connectivity index (χ1n) is 9.51. The van der Waals surface area contributed by atoms with E-state index >= 15 is 0 Å². The highest BCUT2D eigenvalue weighted by Crippen LogP contribution is 2.34. The molecule has 27 heavy (non-hydrogen) atoms. The fourth-order valence-electron chi connectivity index (χ4n) is 3.99. The second-order valence-electron chi connectivity index (χ2n) is 7.32. The summed E-state index contributed by atoms with van der Waals surface area (Å²) in [5.74, 6) is -0.352. The van der Waals surface area contributed by atoms with Crippen LogP contribution >= 0.6 is 0 Å². The van der Waals surface area contributed by atoms with Crippen LogP contribution < -0.4 is 0 Å². The Hall–Kier alpha value is -2.88. The number of imide groups is 1. The van der Waals surface area contributed by atoms with Crippen molar-refractivity contribution >= 4 is 17.4 Å². The molecule has 4 nitrogen and oxygen atoms in total. The van der Waals surface area contributed by atoms with Gasteiger partial charge in [-0.15, -0.1) is 0 Å². The van der Waals surface area contributed by atoms with Gasteiger partial charge in [-0.25, -0.2) is 0 Å². The molecule has 0 N–H and O–H groups in total. The van der Waals surface area contributed by atoms with E-state index in [4.69, 9.17) is 0 Å². The molecule has 0 saturated carbocycles. The Morgan fingerprint density at radius 2 is 1.67 bits per heavy atom. The molecule has 0 aliphatic carbocycles. The summed E-state index contributed by atoms with van der Waals surface area (Å²) in [6.07, 6.45) is 0.882. The van der Waals surface area contributed by atoms with Gasteiger partial charge in [-0.3, -0.25) is 14.5 Å². The van der Waals surface area contributed by atoms with E-state index in [0.29, 0.717) is 24.4 Å². The quantitative estimate of drug-likeness (QED) is 0.787. The molecular weight excluding hydrogens is 336 g/mol. The Morgan fingerprint density at radius 1 is 0.926 bits per heavy atom. The van der Waals surface area contributed by atoms with E-state index in [0.717, 1.165) is 24.1 Å². The maximum absolute atomic E-state index is 13.1. The van der Waals surface area contributed by atoms with Crippen LogP contribution in [0.2, 0.25) is 0 Å². The Morgan fingerprint density at radius 3 is 2.37 bits per heavy atom. The smallest absolute Gasteiger partial charge is 0.277 e. The molecule has 4 heteroatoms. The van der Waals surface area contributed by atoms with E-state index in [1.807, 2.05) is 38.1 Å². The molecule has 2 amide bonds. The third-order valence-corrected chi connectivity index (χ3v) is 5.70. The van der Waals surface area contributed by atoms with Crippen LogP contribution in [0.1, 0.15) is 34.7 Å². The fourth-order valence-corrected chi connectivity index (χ4v) is 3.99. The SMILES string of the molecule is CCN1C(=O)C(c2ccc(C)c(C)c2)=C(N2CCc3ccccc3C2)C1=O. The molecule has 0 fully saturated rings. The number of benzene rings is 2. The number of nitrogens with zero attached hydrogens (tertiary/aromatic N) is 2. The molecule has 2 aromatic rings. The van der Waals surface area contributed by atoms with Crippen molar-refractivity contribution in [3.05, 3.63) is 76.0 Å². The number of hydrogen-bond acceptors (Lipinski definition) is 3. The first-order valence-corrected chi connectivity index (χ1v) is 9.51. The van der Waals surface area contributed by atoms with Gasteiger partial charge in [0.1, 0.15) is 5.70 Å². The van der Waals surface area contributed by atoms with Gasteiger partial charge in [0.2, 0.25) is 0 Å². The monoisotopic (exact) mass is 360 g/mol. The Bertz CT molecular complexity index is 974. The van der Waals surface area contributed by atoms with Crippen LogP contribution in [0.3, 0.4) is 0 Å². The fraction of sp³-hybridized carbons (Fsp3) is 0.304. The lowest BCUT2D eigenvalue weighted by Gasteiger charge is -2.31. The molecule has 0 atom stereocenters. The Balaban J connectivity index is 1.82. The second kappa shape index (κ2) is 6.69. The first-order chi connectivity index (χ1) is 13.0. The topological polar surface area (TPSA) is 40.6 Å². The summed E-state index contributed by atoms with van der Waals surface area (Å²) in [5.41, 5.74) is 6.79. The van der Waals surface area contributed by atoms with E-state index in [1.165, 1.54) is 21.6 Å². The minimum Gasteiger partial charge on any atom is -0.362 e. The number of likely N-dealkylation sites (N-methyl/N-ethyl adjacent to an activating group) is 1. The lowest BCUT2D eigenvalue weighted by Crippen LogP contribution is -2.37. The number of rotatable bonds is 3. The van der Waals surface area contributed by atoms with E-state index < -0.39 is 0 Å². The number of carbonyl (C=O) groups excluding carboxylic acids is 2. The number of fused-ring (bicyclic) bond motifs is 1. The van der Waals surface area contributed by atoms with Gasteiger partial charge < -0.3 is 4.90 Å².